The number of amides is 1. The fraction of sp³-hybridized carbons (Fsp3) is 0.370. The molecular formula is C27H28BrN3O4. The number of hydrogen-bond donors (Lipinski definition) is 1. The number of carbonyl (C=O) groups excluding carboxylic acids is 2. The number of hydrogen-bond acceptors (Lipinski definition) is 5. The molecule has 0 spiro atoms. The number of carbonyl (C=O) groups is 2. The summed E-state index contributed by atoms with van der Waals surface area (Å²) < 4.78 is 11.7. The molecule has 3 aliphatic heterocycles. The zero-order valence-electron chi connectivity index (χ0n) is 19.4. The Morgan fingerprint density at radius 1 is 1.00 bits per heavy atom. The molecule has 0 saturated carbocycles. The zero-order valence-corrected chi connectivity index (χ0v) is 20.9. The molecule has 35 heavy (non-hydrogen) atoms. The molecule has 3 fully saturated rings. The van der Waals surface area contributed by atoms with Crippen LogP contribution in [0, 0.1) is 5.92 Å². The van der Waals surface area contributed by atoms with Crippen molar-refractivity contribution in [1.82, 2.24) is 5.16 Å². The van der Waals surface area contributed by atoms with Crippen molar-refractivity contribution in [3.8, 4) is 0 Å². The van der Waals surface area contributed by atoms with Crippen LogP contribution in [0.3, 0.4) is 0 Å². The minimum absolute atomic E-state index is 0. The molecular weight excluding hydrogens is 510 g/mol. The van der Waals surface area contributed by atoms with E-state index < -0.39 is 5.92 Å². The van der Waals surface area contributed by atoms with E-state index >= 15 is 0 Å². The second kappa shape index (κ2) is 9.59. The fourth-order valence-corrected chi connectivity index (χ4v) is 6.14. The quantitative estimate of drug-likeness (QED) is 0.378. The number of quaternary nitrogens is 1. The number of piperidine rings is 3. The Morgan fingerprint density at radius 3 is 2.29 bits per heavy atom. The lowest BCUT2D eigenvalue weighted by Gasteiger charge is -2.51. The maximum atomic E-state index is 13.7. The average Bonchev–Trinajstić information content (AvgIpc) is 3.35. The first kappa shape index (κ1) is 23.8. The zero-order chi connectivity index (χ0) is 23.1. The highest BCUT2D eigenvalue weighted by molar-refractivity contribution is 5.90. The van der Waals surface area contributed by atoms with Gasteiger partial charge in [0.2, 0.25) is 0 Å². The van der Waals surface area contributed by atoms with Crippen LogP contribution in [0.1, 0.15) is 41.0 Å². The number of fused-ring (bicyclic) bond motifs is 5. The van der Waals surface area contributed by atoms with Gasteiger partial charge in [0.1, 0.15) is 18.7 Å². The first-order chi connectivity index (χ1) is 16.6. The lowest BCUT2D eigenvalue weighted by molar-refractivity contribution is -0.938. The monoisotopic (exact) mass is 537 g/mol. The smallest absolute Gasteiger partial charge is 0.318 e. The lowest BCUT2D eigenvalue weighted by Crippen LogP contribution is -3.00. The number of esters is 1. The van der Waals surface area contributed by atoms with Crippen molar-refractivity contribution in [3.05, 3.63) is 83.1 Å². The van der Waals surface area contributed by atoms with Crippen molar-refractivity contribution in [2.75, 3.05) is 31.5 Å². The molecule has 1 N–H and O–H groups in total. The summed E-state index contributed by atoms with van der Waals surface area (Å²) in [6.45, 7) is 2.89. The SMILES string of the molecule is O=C(C[N+]12CCC(CC1)C(OC(=O)C1c3ccccc3Cc3ccccc31)C2)Nc1ccon1.[Br-]. The topological polar surface area (TPSA) is 81.4 Å². The van der Waals surface area contributed by atoms with Crippen molar-refractivity contribution in [2.45, 2.75) is 31.3 Å². The third-order valence-corrected chi connectivity index (χ3v) is 7.84. The van der Waals surface area contributed by atoms with Crippen LogP contribution in [0.25, 0.3) is 0 Å². The third-order valence-electron chi connectivity index (χ3n) is 7.84. The van der Waals surface area contributed by atoms with Crippen LogP contribution < -0.4 is 22.3 Å². The van der Waals surface area contributed by atoms with E-state index in [0.717, 1.165) is 43.5 Å². The summed E-state index contributed by atoms with van der Waals surface area (Å²) in [5.41, 5.74) is 4.46. The normalized spacial score (nSPS) is 24.6. The van der Waals surface area contributed by atoms with Crippen LogP contribution in [0.4, 0.5) is 5.82 Å². The first-order valence-corrected chi connectivity index (χ1v) is 12.0. The van der Waals surface area contributed by atoms with Crippen molar-refractivity contribution >= 4 is 17.7 Å². The molecule has 4 aliphatic rings. The maximum absolute atomic E-state index is 13.7. The fourth-order valence-electron chi connectivity index (χ4n) is 6.14. The van der Waals surface area contributed by atoms with Gasteiger partial charge in [-0.05, 0) is 28.7 Å². The van der Waals surface area contributed by atoms with E-state index in [2.05, 4.69) is 34.7 Å². The Bertz CT molecular complexity index is 1180. The van der Waals surface area contributed by atoms with Gasteiger partial charge in [-0.15, -0.1) is 0 Å². The number of anilines is 1. The van der Waals surface area contributed by atoms with E-state index in [9.17, 15) is 9.59 Å². The number of aromatic nitrogens is 1. The summed E-state index contributed by atoms with van der Waals surface area (Å²) >= 11 is 0. The summed E-state index contributed by atoms with van der Waals surface area (Å²) in [4.78, 5) is 26.4. The van der Waals surface area contributed by atoms with Crippen LogP contribution in [0.15, 0.2) is 65.4 Å². The number of nitrogens with zero attached hydrogens (tertiary/aromatic N) is 2. The van der Waals surface area contributed by atoms with Gasteiger partial charge in [0.05, 0.1) is 13.1 Å². The van der Waals surface area contributed by atoms with Crippen LogP contribution in [-0.4, -0.2) is 53.8 Å². The Morgan fingerprint density at radius 2 is 1.66 bits per heavy atom. The number of nitrogens with one attached hydrogen (secondary N) is 1. The molecule has 4 heterocycles. The van der Waals surface area contributed by atoms with E-state index in [1.807, 2.05) is 24.3 Å². The van der Waals surface area contributed by atoms with Gasteiger partial charge in [0, 0.05) is 24.8 Å². The molecule has 2 bridgehead atoms. The Balaban J connectivity index is 0.00000253. The van der Waals surface area contributed by atoms with Crippen molar-refractivity contribution in [1.29, 1.82) is 0 Å². The molecule has 1 aliphatic carbocycles. The Hall–Kier alpha value is -2.97. The van der Waals surface area contributed by atoms with Gasteiger partial charge in [-0.3, -0.25) is 9.59 Å². The van der Waals surface area contributed by atoms with Gasteiger partial charge in [-0.2, -0.15) is 0 Å². The number of rotatable bonds is 5. The van der Waals surface area contributed by atoms with Gasteiger partial charge < -0.3 is 36.0 Å². The Kier molecular flexibility index (Phi) is 6.51. The molecule has 1 unspecified atom stereocenters. The van der Waals surface area contributed by atoms with Crippen LogP contribution in [0.2, 0.25) is 0 Å². The molecule has 2 aromatic carbocycles. The molecule has 7 nitrogen and oxygen atoms in total. The molecule has 7 rings (SSSR count). The van der Waals surface area contributed by atoms with E-state index in [0.29, 0.717) is 29.3 Å². The van der Waals surface area contributed by atoms with E-state index in [1.165, 1.54) is 17.4 Å². The van der Waals surface area contributed by atoms with Gasteiger partial charge in [-0.25, -0.2) is 0 Å². The van der Waals surface area contributed by atoms with Gasteiger partial charge in [0.15, 0.2) is 18.5 Å². The number of ether oxygens (including phenoxy) is 1. The minimum Gasteiger partial charge on any atom is -1.00 e. The van der Waals surface area contributed by atoms with Crippen LogP contribution in [0.5, 0.6) is 0 Å². The molecule has 0 radical (unpaired) electrons. The van der Waals surface area contributed by atoms with E-state index in [-0.39, 0.29) is 35.0 Å². The molecule has 1 amide bonds. The summed E-state index contributed by atoms with van der Waals surface area (Å²) in [6.07, 6.45) is 4.03. The summed E-state index contributed by atoms with van der Waals surface area (Å²) in [7, 11) is 0. The standard InChI is InChI=1S/C27H27N3O4.BrH/c31-25(28-24-11-14-33-29-24)17-30-12-9-18(10-13-30)23(16-30)34-27(32)26-21-7-3-1-5-19(21)15-20-6-2-4-8-22(20)26;/h1-8,11,14,18,23,26H,9-10,12-13,15-17H2;1H. The van der Waals surface area contributed by atoms with E-state index in [1.54, 1.807) is 6.07 Å². The maximum Gasteiger partial charge on any atom is 0.318 e. The molecule has 1 atom stereocenters. The highest BCUT2D eigenvalue weighted by atomic mass is 79.9. The lowest BCUT2D eigenvalue weighted by atomic mass is 9.78. The molecule has 8 heteroatoms. The van der Waals surface area contributed by atoms with Gasteiger partial charge >= 0.3 is 5.97 Å². The largest absolute Gasteiger partial charge is 1.00 e. The Labute approximate surface area is 214 Å². The molecule has 1 aromatic heterocycles. The summed E-state index contributed by atoms with van der Waals surface area (Å²) in [5, 5.41) is 6.58. The molecule has 3 aromatic rings. The van der Waals surface area contributed by atoms with Crippen molar-refractivity contribution < 1.29 is 40.3 Å². The summed E-state index contributed by atoms with van der Waals surface area (Å²) in [6, 6.07) is 18.0. The highest BCUT2D eigenvalue weighted by Crippen LogP contribution is 2.40. The minimum atomic E-state index is -0.402. The first-order valence-electron chi connectivity index (χ1n) is 12.0. The average molecular weight is 538 g/mol. The van der Waals surface area contributed by atoms with Crippen LogP contribution in [-0.2, 0) is 20.7 Å². The predicted octanol–water partition coefficient (Wildman–Crippen LogP) is 0.506. The highest BCUT2D eigenvalue weighted by Gasteiger charge is 2.49. The molecule has 3 saturated heterocycles. The van der Waals surface area contributed by atoms with Crippen LogP contribution >= 0.6 is 0 Å². The third kappa shape index (κ3) is 4.52. The second-order valence-electron chi connectivity index (χ2n) is 9.88. The second-order valence-corrected chi connectivity index (χ2v) is 9.88. The predicted molar refractivity (Wildman–Crippen MR) is 125 cm³/mol. The number of benzene rings is 2. The molecule has 182 valence electrons. The van der Waals surface area contributed by atoms with E-state index in [4.69, 9.17) is 9.26 Å². The number of halogens is 1. The van der Waals surface area contributed by atoms with Crippen molar-refractivity contribution in [2.24, 2.45) is 5.92 Å². The van der Waals surface area contributed by atoms with Gasteiger partial charge in [-0.1, -0.05) is 53.7 Å². The van der Waals surface area contributed by atoms with Crippen molar-refractivity contribution in [3.63, 3.8) is 0 Å². The summed E-state index contributed by atoms with van der Waals surface area (Å²) in [5.74, 6) is 0.114. The van der Waals surface area contributed by atoms with Gasteiger partial charge in [0.25, 0.3) is 5.91 Å².